The first-order chi connectivity index (χ1) is 24.2. The minimum absolute atomic E-state index is 0.0000253. The Morgan fingerprint density at radius 1 is 0.900 bits per heavy atom. The summed E-state index contributed by atoms with van der Waals surface area (Å²) >= 11 is 1.50. The van der Waals surface area contributed by atoms with Crippen LogP contribution in [0.5, 0.6) is 0 Å². The zero-order chi connectivity index (χ0) is 35.1. The van der Waals surface area contributed by atoms with Crippen molar-refractivity contribution in [2.75, 3.05) is 13.1 Å². The predicted molar refractivity (Wildman–Crippen MR) is 206 cm³/mol. The van der Waals surface area contributed by atoms with Crippen LogP contribution in [-0.4, -0.2) is 45.8 Å². The van der Waals surface area contributed by atoms with Crippen molar-refractivity contribution < 1.29 is 9.59 Å². The molecule has 2 amide bonds. The Hall–Kier alpha value is -3.32. The van der Waals surface area contributed by atoms with Crippen molar-refractivity contribution in [2.45, 2.75) is 129 Å². The fraction of sp³-hybridized carbons (Fsp3) is 0.581. The Balaban J connectivity index is 1.05. The first kappa shape index (κ1) is 36.5. The average molecular weight is 695 g/mol. The van der Waals surface area contributed by atoms with Gasteiger partial charge in [0.15, 0.2) is 5.82 Å². The quantitative estimate of drug-likeness (QED) is 0.192. The number of thiophene rings is 1. The molecule has 1 saturated heterocycles. The molecule has 7 heteroatoms. The van der Waals surface area contributed by atoms with Gasteiger partial charge in [0.1, 0.15) is 6.04 Å². The van der Waals surface area contributed by atoms with E-state index in [9.17, 15) is 9.59 Å². The van der Waals surface area contributed by atoms with E-state index in [1.165, 1.54) is 81.1 Å². The third-order valence-corrected chi connectivity index (χ3v) is 13.0. The molecule has 1 aliphatic heterocycles. The van der Waals surface area contributed by atoms with Crippen molar-refractivity contribution >= 4 is 28.7 Å². The monoisotopic (exact) mass is 694 g/mol. The third-order valence-electron chi connectivity index (χ3n) is 11.5. The zero-order valence-electron chi connectivity index (χ0n) is 30.9. The highest BCUT2D eigenvalue weighted by atomic mass is 32.1. The first-order valence-corrected chi connectivity index (χ1v) is 20.3. The van der Waals surface area contributed by atoms with Crippen LogP contribution in [0.15, 0.2) is 54.9 Å². The summed E-state index contributed by atoms with van der Waals surface area (Å²) < 4.78 is 0. The number of rotatable bonds is 12. The van der Waals surface area contributed by atoms with Crippen molar-refractivity contribution in [3.8, 4) is 11.4 Å². The highest BCUT2D eigenvalue weighted by Crippen LogP contribution is 2.42. The van der Waals surface area contributed by atoms with E-state index in [-0.39, 0.29) is 17.2 Å². The summed E-state index contributed by atoms with van der Waals surface area (Å²) in [4.78, 5) is 40.1. The van der Waals surface area contributed by atoms with Crippen molar-refractivity contribution in [2.24, 2.45) is 17.8 Å². The minimum atomic E-state index is -0.615. The number of nitrogens with one attached hydrogen (secondary N) is 1. The number of hydrogen-bond donors (Lipinski definition) is 1. The number of hydrogen-bond acceptors (Lipinski definition) is 5. The molecule has 0 spiro atoms. The number of amides is 2. The molecule has 2 aromatic heterocycles. The normalized spacial score (nSPS) is 21.9. The van der Waals surface area contributed by atoms with Gasteiger partial charge in [-0.2, -0.15) is 0 Å². The molecule has 2 atom stereocenters. The van der Waals surface area contributed by atoms with Gasteiger partial charge in [0.05, 0.1) is 4.88 Å². The molecule has 2 fully saturated rings. The maximum atomic E-state index is 13.6. The van der Waals surface area contributed by atoms with E-state index in [2.05, 4.69) is 39.1 Å². The predicted octanol–water partition coefficient (Wildman–Crippen LogP) is 10.0. The van der Waals surface area contributed by atoms with Crippen LogP contribution in [0.2, 0.25) is 0 Å². The molecule has 268 valence electrons. The van der Waals surface area contributed by atoms with Crippen molar-refractivity contribution in [1.29, 1.82) is 0 Å². The molecule has 0 radical (unpaired) electrons. The van der Waals surface area contributed by atoms with E-state index in [0.29, 0.717) is 17.1 Å². The maximum absolute atomic E-state index is 13.6. The van der Waals surface area contributed by atoms with E-state index in [4.69, 9.17) is 9.97 Å². The van der Waals surface area contributed by atoms with E-state index >= 15 is 0 Å². The summed E-state index contributed by atoms with van der Waals surface area (Å²) in [5.74, 6) is 3.24. The van der Waals surface area contributed by atoms with E-state index in [1.807, 2.05) is 53.7 Å². The summed E-state index contributed by atoms with van der Waals surface area (Å²) in [7, 11) is 0. The second-order valence-corrected chi connectivity index (χ2v) is 17.3. The topological polar surface area (TPSA) is 75.2 Å². The molecule has 6 nitrogen and oxygen atoms in total. The van der Waals surface area contributed by atoms with Gasteiger partial charge < -0.3 is 10.2 Å². The molecule has 0 bridgehead atoms. The summed E-state index contributed by atoms with van der Waals surface area (Å²) in [6.45, 7) is 10.2. The van der Waals surface area contributed by atoms with Crippen LogP contribution in [0.3, 0.4) is 0 Å². The highest BCUT2D eigenvalue weighted by molar-refractivity contribution is 7.14. The molecule has 1 saturated carbocycles. The number of unbranched alkanes of at least 4 members (excludes halogenated alkanes) is 2. The molecule has 50 heavy (non-hydrogen) atoms. The number of carbonyl (C=O) groups excluding carboxylic acids is 2. The number of aromatic nitrogens is 2. The summed E-state index contributed by atoms with van der Waals surface area (Å²) in [6, 6.07) is 11.4. The van der Waals surface area contributed by atoms with Gasteiger partial charge in [0.2, 0.25) is 5.91 Å². The number of nitrogens with zero attached hydrogens (tertiary/aromatic N) is 3. The molecule has 2 unspecified atom stereocenters. The first-order valence-electron chi connectivity index (χ1n) is 19.5. The Kier molecular flexibility index (Phi) is 12.3. The van der Waals surface area contributed by atoms with Crippen LogP contribution in [0.4, 0.5) is 0 Å². The number of allylic oxidation sites excluding steroid dienone is 2. The van der Waals surface area contributed by atoms with Gasteiger partial charge in [-0.05, 0) is 91.4 Å². The smallest absolute Gasteiger partial charge is 0.262 e. The van der Waals surface area contributed by atoms with E-state index in [1.54, 1.807) is 0 Å². The lowest BCUT2D eigenvalue weighted by Crippen LogP contribution is -2.48. The van der Waals surface area contributed by atoms with Crippen LogP contribution in [0, 0.1) is 17.8 Å². The van der Waals surface area contributed by atoms with Crippen LogP contribution < -0.4 is 5.32 Å². The molecular formula is C43H58N4O2S. The zero-order valence-corrected chi connectivity index (χ0v) is 31.7. The van der Waals surface area contributed by atoms with Gasteiger partial charge in [-0.25, -0.2) is 9.97 Å². The van der Waals surface area contributed by atoms with Crippen LogP contribution in [0.25, 0.3) is 17.0 Å². The SMILES string of the molecule is CCCCCC1CCC(C2CC=C(c3cnc(-c4ccc(CC(NC(=O)c5ccc(C(C)(C)C)s5)C(=O)N5CCCC5)cc4)nc3)CC2)CC1. The van der Waals surface area contributed by atoms with Crippen LogP contribution in [0.1, 0.15) is 137 Å². The largest absolute Gasteiger partial charge is 0.341 e. The lowest BCUT2D eigenvalue weighted by atomic mass is 9.70. The lowest BCUT2D eigenvalue weighted by molar-refractivity contribution is -0.132. The van der Waals surface area contributed by atoms with E-state index < -0.39 is 6.04 Å². The molecule has 6 rings (SSSR count). The number of benzene rings is 1. The van der Waals surface area contributed by atoms with Gasteiger partial charge in [-0.3, -0.25) is 9.59 Å². The molecule has 2 aliphatic carbocycles. The van der Waals surface area contributed by atoms with Gasteiger partial charge in [-0.1, -0.05) is 96.6 Å². The molecular weight excluding hydrogens is 637 g/mol. The Bertz CT molecular complexity index is 1590. The summed E-state index contributed by atoms with van der Waals surface area (Å²) in [6.07, 6.45) is 23.8. The average Bonchev–Trinajstić information content (AvgIpc) is 3.86. The van der Waals surface area contributed by atoms with Gasteiger partial charge in [0, 0.05) is 47.9 Å². The second-order valence-electron chi connectivity index (χ2n) is 16.2. The number of likely N-dealkylation sites (tertiary alicyclic amines) is 1. The lowest BCUT2D eigenvalue weighted by Gasteiger charge is -2.35. The van der Waals surface area contributed by atoms with Crippen LogP contribution in [-0.2, 0) is 16.6 Å². The minimum Gasteiger partial charge on any atom is -0.341 e. The van der Waals surface area contributed by atoms with Gasteiger partial charge in [-0.15, -0.1) is 11.3 Å². The molecule has 1 N–H and O–H groups in total. The Morgan fingerprint density at radius 2 is 1.62 bits per heavy atom. The van der Waals surface area contributed by atoms with Gasteiger partial charge in [0.25, 0.3) is 5.91 Å². The fourth-order valence-corrected chi connectivity index (χ4v) is 9.26. The highest BCUT2D eigenvalue weighted by Gasteiger charge is 2.30. The van der Waals surface area contributed by atoms with Gasteiger partial charge >= 0.3 is 0 Å². The van der Waals surface area contributed by atoms with Crippen molar-refractivity contribution in [3.05, 3.63) is 75.7 Å². The van der Waals surface area contributed by atoms with E-state index in [0.717, 1.165) is 71.7 Å². The summed E-state index contributed by atoms with van der Waals surface area (Å²) in [5.41, 5.74) is 4.45. The molecule has 3 aliphatic rings. The van der Waals surface area contributed by atoms with Crippen LogP contribution >= 0.6 is 11.3 Å². The van der Waals surface area contributed by atoms with Crippen molar-refractivity contribution in [3.63, 3.8) is 0 Å². The number of carbonyl (C=O) groups is 2. The Morgan fingerprint density at radius 3 is 2.24 bits per heavy atom. The molecule has 3 heterocycles. The summed E-state index contributed by atoms with van der Waals surface area (Å²) in [5, 5.41) is 3.09. The Labute approximate surface area is 304 Å². The second kappa shape index (κ2) is 16.8. The molecule has 3 aromatic rings. The molecule has 1 aromatic carbocycles. The fourth-order valence-electron chi connectivity index (χ4n) is 8.30. The third kappa shape index (κ3) is 9.31. The standard InChI is InChI=1S/C43H58N4O2S/c1-5-6-7-10-30-11-15-32(16-12-30)33-19-21-34(22-20-33)36-28-44-40(45-29-36)35-17-13-31(14-18-35)27-37(42(49)47-25-8-9-26-47)46-41(48)38-23-24-39(50-38)43(2,3)4/h13-14,17-18,21,23-24,28-30,32-33,37H,5-12,15-16,19-20,22,25-27H2,1-4H3,(H,46,48). The van der Waals surface area contributed by atoms with Crippen molar-refractivity contribution in [1.82, 2.24) is 20.2 Å². The maximum Gasteiger partial charge on any atom is 0.262 e.